The number of thiophene rings is 1. The molecule has 1 atom stereocenters. The molecule has 0 fully saturated rings. The Labute approximate surface area is 141 Å². The molecule has 2 heterocycles. The molecule has 0 saturated carbocycles. The van der Waals surface area contributed by atoms with Crippen molar-refractivity contribution < 1.29 is 9.53 Å². The van der Waals surface area contributed by atoms with Crippen molar-refractivity contribution in [2.75, 3.05) is 24.6 Å². The number of hydrogen-bond donors (Lipinski definition) is 1. The molecule has 23 heavy (non-hydrogen) atoms. The van der Waals surface area contributed by atoms with E-state index in [1.165, 1.54) is 4.88 Å². The lowest BCUT2D eigenvalue weighted by Gasteiger charge is -2.31. The smallest absolute Gasteiger partial charge is 0.240 e. The molecule has 0 aliphatic carbocycles. The predicted octanol–water partition coefficient (Wildman–Crippen LogP) is 3.46. The summed E-state index contributed by atoms with van der Waals surface area (Å²) >= 11 is 1.69. The van der Waals surface area contributed by atoms with Crippen molar-refractivity contribution in [3.05, 3.63) is 46.7 Å². The summed E-state index contributed by atoms with van der Waals surface area (Å²) < 4.78 is 5.64. The molecular weight excluding hydrogens is 308 g/mol. The minimum atomic E-state index is 0.0498. The van der Waals surface area contributed by atoms with Gasteiger partial charge < -0.3 is 15.0 Å². The maximum absolute atomic E-state index is 12.5. The van der Waals surface area contributed by atoms with E-state index in [0.717, 1.165) is 18.0 Å². The zero-order valence-electron chi connectivity index (χ0n) is 13.5. The number of fused-ring (bicyclic) bond motifs is 1. The number of benzene rings is 1. The van der Waals surface area contributed by atoms with Gasteiger partial charge in [-0.15, -0.1) is 11.3 Å². The lowest BCUT2D eigenvalue weighted by Crippen LogP contribution is -2.43. The molecular formula is C18H22N2O2S. The Balaban J connectivity index is 1.68. The van der Waals surface area contributed by atoms with Gasteiger partial charge >= 0.3 is 0 Å². The molecule has 1 aliphatic rings. The summed E-state index contributed by atoms with van der Waals surface area (Å²) in [5.74, 6) is 1.26. The Kier molecular flexibility index (Phi) is 4.86. The first-order valence-electron chi connectivity index (χ1n) is 7.94. The second-order valence-corrected chi connectivity index (χ2v) is 7.02. The minimum Gasteiger partial charge on any atom is -0.490 e. The number of para-hydroxylation sites is 2. The van der Waals surface area contributed by atoms with E-state index < -0.39 is 0 Å². The van der Waals surface area contributed by atoms with Gasteiger partial charge in [-0.25, -0.2) is 0 Å². The van der Waals surface area contributed by atoms with E-state index in [-0.39, 0.29) is 11.9 Å². The standard InChI is InChI=1S/C18H22N2O2S/c1-13(2)18(16-8-5-11-23-16)19-17(21)12-20-9-10-22-15-7-4-3-6-14(15)20/h3-8,11,13,18H,9-10,12H2,1-2H3,(H,19,21)/t18-/m0/s1. The lowest BCUT2D eigenvalue weighted by molar-refractivity contribution is -0.120. The first-order valence-corrected chi connectivity index (χ1v) is 8.82. The highest BCUT2D eigenvalue weighted by Crippen LogP contribution is 2.31. The molecule has 0 saturated heterocycles. The van der Waals surface area contributed by atoms with Gasteiger partial charge in [0.1, 0.15) is 12.4 Å². The number of rotatable bonds is 5. The Morgan fingerprint density at radius 2 is 2.13 bits per heavy atom. The van der Waals surface area contributed by atoms with Crippen molar-refractivity contribution in [2.45, 2.75) is 19.9 Å². The zero-order chi connectivity index (χ0) is 16.2. The number of carbonyl (C=O) groups excluding carboxylic acids is 1. The minimum absolute atomic E-state index is 0.0498. The summed E-state index contributed by atoms with van der Waals surface area (Å²) in [6.07, 6.45) is 0. The van der Waals surface area contributed by atoms with Crippen LogP contribution in [-0.4, -0.2) is 25.6 Å². The Morgan fingerprint density at radius 1 is 1.30 bits per heavy atom. The van der Waals surface area contributed by atoms with Crippen LogP contribution < -0.4 is 15.0 Å². The Hall–Kier alpha value is -2.01. The summed E-state index contributed by atoms with van der Waals surface area (Å²) in [5.41, 5.74) is 0.992. The normalized spacial score (nSPS) is 15.0. The van der Waals surface area contributed by atoms with Gasteiger partial charge in [-0.05, 0) is 29.5 Å². The van der Waals surface area contributed by atoms with Crippen LogP contribution in [0.2, 0.25) is 0 Å². The van der Waals surface area contributed by atoms with Crippen LogP contribution in [0.15, 0.2) is 41.8 Å². The fraction of sp³-hybridized carbons (Fsp3) is 0.389. The van der Waals surface area contributed by atoms with Crippen LogP contribution in [-0.2, 0) is 4.79 Å². The molecule has 1 aromatic heterocycles. The summed E-state index contributed by atoms with van der Waals surface area (Å²) in [6.45, 7) is 5.97. The van der Waals surface area contributed by atoms with Crippen LogP contribution in [0, 0.1) is 5.92 Å². The van der Waals surface area contributed by atoms with Crippen LogP contribution in [0.5, 0.6) is 5.75 Å². The summed E-state index contributed by atoms with van der Waals surface area (Å²) in [5, 5.41) is 5.24. The van der Waals surface area contributed by atoms with E-state index in [1.54, 1.807) is 11.3 Å². The number of carbonyl (C=O) groups is 1. The second kappa shape index (κ2) is 7.04. The van der Waals surface area contributed by atoms with Gasteiger partial charge in [0.25, 0.3) is 0 Å². The molecule has 0 spiro atoms. The van der Waals surface area contributed by atoms with Crippen molar-refractivity contribution in [1.29, 1.82) is 0 Å². The number of nitrogens with one attached hydrogen (secondary N) is 1. The van der Waals surface area contributed by atoms with Crippen LogP contribution in [0.25, 0.3) is 0 Å². The Bertz CT molecular complexity index is 655. The number of amides is 1. The first kappa shape index (κ1) is 15.9. The third kappa shape index (κ3) is 3.67. The van der Waals surface area contributed by atoms with E-state index in [9.17, 15) is 4.79 Å². The van der Waals surface area contributed by atoms with E-state index in [4.69, 9.17) is 4.74 Å². The highest BCUT2D eigenvalue weighted by atomic mass is 32.1. The van der Waals surface area contributed by atoms with Gasteiger partial charge in [0.05, 0.1) is 24.8 Å². The summed E-state index contributed by atoms with van der Waals surface area (Å²) in [7, 11) is 0. The van der Waals surface area contributed by atoms with Gasteiger partial charge in [0.2, 0.25) is 5.91 Å². The molecule has 1 aliphatic heterocycles. The molecule has 2 aromatic rings. The van der Waals surface area contributed by atoms with Crippen molar-refractivity contribution in [1.82, 2.24) is 5.32 Å². The highest BCUT2D eigenvalue weighted by molar-refractivity contribution is 7.10. The molecule has 3 rings (SSSR count). The lowest BCUT2D eigenvalue weighted by atomic mass is 10.0. The van der Waals surface area contributed by atoms with E-state index >= 15 is 0 Å². The molecule has 4 nitrogen and oxygen atoms in total. The maximum Gasteiger partial charge on any atom is 0.240 e. The quantitative estimate of drug-likeness (QED) is 0.913. The van der Waals surface area contributed by atoms with E-state index in [2.05, 4.69) is 35.5 Å². The number of ether oxygens (including phenoxy) is 1. The first-order chi connectivity index (χ1) is 11.1. The molecule has 0 radical (unpaired) electrons. The van der Waals surface area contributed by atoms with Gasteiger partial charge in [0.15, 0.2) is 0 Å². The number of anilines is 1. The van der Waals surface area contributed by atoms with Gasteiger partial charge in [0, 0.05) is 4.88 Å². The molecule has 1 aromatic carbocycles. The summed E-state index contributed by atoms with van der Waals surface area (Å²) in [4.78, 5) is 15.8. The molecule has 1 amide bonds. The average Bonchev–Trinajstić information content (AvgIpc) is 3.07. The molecule has 1 N–H and O–H groups in total. The predicted molar refractivity (Wildman–Crippen MR) is 94.2 cm³/mol. The largest absolute Gasteiger partial charge is 0.490 e. The van der Waals surface area contributed by atoms with Crippen LogP contribution in [0.1, 0.15) is 24.8 Å². The number of nitrogens with zero attached hydrogens (tertiary/aromatic N) is 1. The van der Waals surface area contributed by atoms with Gasteiger partial charge in [-0.3, -0.25) is 4.79 Å². The molecule has 0 bridgehead atoms. The SMILES string of the molecule is CC(C)[C@H](NC(=O)CN1CCOc2ccccc21)c1cccs1. The fourth-order valence-corrected chi connectivity index (χ4v) is 3.77. The highest BCUT2D eigenvalue weighted by Gasteiger charge is 2.23. The molecule has 0 unspecified atom stereocenters. The van der Waals surface area contributed by atoms with E-state index in [1.807, 2.05) is 30.3 Å². The van der Waals surface area contributed by atoms with Gasteiger partial charge in [-0.1, -0.05) is 32.0 Å². The fourth-order valence-electron chi connectivity index (χ4n) is 2.82. The average molecular weight is 330 g/mol. The molecule has 5 heteroatoms. The monoisotopic (exact) mass is 330 g/mol. The topological polar surface area (TPSA) is 41.6 Å². The van der Waals surface area contributed by atoms with Crippen LogP contribution in [0.3, 0.4) is 0 Å². The molecule has 122 valence electrons. The Morgan fingerprint density at radius 3 is 2.87 bits per heavy atom. The number of hydrogen-bond acceptors (Lipinski definition) is 4. The maximum atomic E-state index is 12.5. The van der Waals surface area contributed by atoms with E-state index in [0.29, 0.717) is 19.1 Å². The van der Waals surface area contributed by atoms with Gasteiger partial charge in [-0.2, -0.15) is 0 Å². The van der Waals surface area contributed by atoms with Crippen molar-refractivity contribution in [3.63, 3.8) is 0 Å². The van der Waals surface area contributed by atoms with Crippen LogP contribution in [0.4, 0.5) is 5.69 Å². The van der Waals surface area contributed by atoms with Crippen LogP contribution >= 0.6 is 11.3 Å². The van der Waals surface area contributed by atoms with Crippen molar-refractivity contribution in [3.8, 4) is 5.75 Å². The van der Waals surface area contributed by atoms with Crippen molar-refractivity contribution in [2.24, 2.45) is 5.92 Å². The summed E-state index contributed by atoms with van der Waals surface area (Å²) in [6, 6.07) is 12.1. The third-order valence-corrected chi connectivity index (χ3v) is 4.95. The zero-order valence-corrected chi connectivity index (χ0v) is 14.3. The second-order valence-electron chi connectivity index (χ2n) is 6.04. The van der Waals surface area contributed by atoms with Crippen molar-refractivity contribution >= 4 is 22.9 Å². The third-order valence-electron chi connectivity index (χ3n) is 3.99.